The number of amides is 2. The summed E-state index contributed by atoms with van der Waals surface area (Å²) in [5.74, 6) is 0.596. The molecule has 0 bridgehead atoms. The van der Waals surface area contributed by atoms with Crippen LogP contribution in [0, 0.1) is 0 Å². The highest BCUT2D eigenvalue weighted by Crippen LogP contribution is 2.43. The maximum absolute atomic E-state index is 13.0. The van der Waals surface area contributed by atoms with Crippen LogP contribution in [0.4, 0.5) is 5.69 Å². The molecule has 1 aromatic carbocycles. The maximum atomic E-state index is 13.0. The van der Waals surface area contributed by atoms with Crippen LogP contribution in [0.2, 0.25) is 0 Å². The number of hydrogen-bond acceptors (Lipinski definition) is 4. The van der Waals surface area contributed by atoms with Gasteiger partial charge in [-0.15, -0.1) is 11.8 Å². The van der Waals surface area contributed by atoms with E-state index in [2.05, 4.69) is 20.9 Å². The van der Waals surface area contributed by atoms with Crippen LogP contribution >= 0.6 is 11.8 Å². The van der Waals surface area contributed by atoms with Gasteiger partial charge < -0.3 is 14.8 Å². The van der Waals surface area contributed by atoms with Gasteiger partial charge in [0.15, 0.2) is 0 Å². The molecule has 0 spiro atoms. The van der Waals surface area contributed by atoms with Crippen molar-refractivity contribution in [3.8, 4) is 0 Å². The number of benzene rings is 1. The van der Waals surface area contributed by atoms with E-state index < -0.39 is 0 Å². The summed E-state index contributed by atoms with van der Waals surface area (Å²) in [4.78, 5) is 32.2. The standard InChI is InChI=1S/C26H28N4O2S/c1-29(21-10-3-2-4-11-21)25(32)19-8-5-7-18(15-19)24(31)28-22-12-14-30-23(22)17-33-26(30)20-9-6-13-27-16-20/h5-9,12-16,21,26H,2-4,10-11,17H2,1H3,(H,28,31). The molecular formula is C26H28N4O2S. The number of thioether (sulfide) groups is 1. The number of carbonyl (C=O) groups excluding carboxylic acids is 2. The molecule has 5 rings (SSSR count). The van der Waals surface area contributed by atoms with Crippen molar-refractivity contribution in [2.75, 3.05) is 12.4 Å². The highest BCUT2D eigenvalue weighted by atomic mass is 32.2. The van der Waals surface area contributed by atoms with Gasteiger partial charge in [-0.25, -0.2) is 0 Å². The van der Waals surface area contributed by atoms with Crippen LogP contribution in [-0.4, -0.2) is 39.4 Å². The number of rotatable bonds is 5. The Morgan fingerprint density at radius 1 is 1.09 bits per heavy atom. The predicted molar refractivity (Wildman–Crippen MR) is 131 cm³/mol. The van der Waals surface area contributed by atoms with Crippen LogP contribution in [-0.2, 0) is 5.75 Å². The fourth-order valence-corrected chi connectivity index (χ4v) is 6.12. The lowest BCUT2D eigenvalue weighted by molar-refractivity contribution is 0.0696. The molecule has 1 atom stereocenters. The minimum atomic E-state index is -0.200. The number of nitrogens with one attached hydrogen (secondary N) is 1. The molecule has 1 aliphatic heterocycles. The minimum absolute atomic E-state index is 0.0166. The molecule has 3 aromatic rings. The molecular weight excluding hydrogens is 432 g/mol. The van der Waals surface area contributed by atoms with Crippen molar-refractivity contribution in [3.05, 3.63) is 83.4 Å². The van der Waals surface area contributed by atoms with Crippen molar-refractivity contribution in [1.82, 2.24) is 14.5 Å². The van der Waals surface area contributed by atoms with E-state index in [9.17, 15) is 9.59 Å². The van der Waals surface area contributed by atoms with Gasteiger partial charge >= 0.3 is 0 Å². The van der Waals surface area contributed by atoms with Crippen LogP contribution in [0.3, 0.4) is 0 Å². The first kappa shape index (κ1) is 21.8. The van der Waals surface area contributed by atoms with E-state index in [-0.39, 0.29) is 23.2 Å². The summed E-state index contributed by atoms with van der Waals surface area (Å²) in [6, 6.07) is 13.3. The number of fused-ring (bicyclic) bond motifs is 1. The third kappa shape index (κ3) is 4.42. The molecule has 1 N–H and O–H groups in total. The Labute approximate surface area is 198 Å². The molecule has 0 radical (unpaired) electrons. The van der Waals surface area contributed by atoms with Crippen LogP contribution < -0.4 is 5.32 Å². The normalized spacial score (nSPS) is 18.0. The fourth-order valence-electron chi connectivity index (χ4n) is 4.81. The molecule has 0 saturated heterocycles. The van der Waals surface area contributed by atoms with Crippen molar-refractivity contribution in [2.24, 2.45) is 0 Å². The monoisotopic (exact) mass is 460 g/mol. The lowest BCUT2D eigenvalue weighted by Crippen LogP contribution is -2.38. The second-order valence-electron chi connectivity index (χ2n) is 8.78. The summed E-state index contributed by atoms with van der Waals surface area (Å²) in [6.07, 6.45) is 11.4. The molecule has 2 amide bonds. The Bertz CT molecular complexity index is 1150. The smallest absolute Gasteiger partial charge is 0.255 e. The zero-order valence-electron chi connectivity index (χ0n) is 18.7. The fraction of sp³-hybridized carbons (Fsp3) is 0.346. The number of hydrogen-bond donors (Lipinski definition) is 1. The maximum Gasteiger partial charge on any atom is 0.255 e. The Morgan fingerprint density at radius 2 is 1.91 bits per heavy atom. The topological polar surface area (TPSA) is 67.2 Å². The SMILES string of the molecule is CN(C(=O)c1cccc(C(=O)Nc2ccn3c2CSC3c2cccnc2)c1)C1CCCCC1. The van der Waals surface area contributed by atoms with E-state index in [1.165, 1.54) is 19.3 Å². The van der Waals surface area contributed by atoms with Gasteiger partial charge in [0.25, 0.3) is 11.8 Å². The molecule has 1 aliphatic carbocycles. The molecule has 33 heavy (non-hydrogen) atoms. The number of aromatic nitrogens is 2. The number of pyridine rings is 1. The lowest BCUT2D eigenvalue weighted by Gasteiger charge is -2.31. The van der Waals surface area contributed by atoms with Crippen molar-refractivity contribution in [1.29, 1.82) is 0 Å². The summed E-state index contributed by atoms with van der Waals surface area (Å²) in [5, 5.41) is 3.22. The molecule has 1 fully saturated rings. The Morgan fingerprint density at radius 3 is 2.70 bits per heavy atom. The first-order valence-corrected chi connectivity index (χ1v) is 12.6. The van der Waals surface area contributed by atoms with Crippen molar-refractivity contribution in [3.63, 3.8) is 0 Å². The molecule has 3 heterocycles. The second-order valence-corrected chi connectivity index (χ2v) is 9.84. The summed E-state index contributed by atoms with van der Waals surface area (Å²) in [5.41, 5.74) is 4.10. The van der Waals surface area contributed by atoms with Crippen LogP contribution in [0.15, 0.2) is 61.1 Å². The highest BCUT2D eigenvalue weighted by molar-refractivity contribution is 7.99. The Kier molecular flexibility index (Phi) is 6.22. The largest absolute Gasteiger partial charge is 0.339 e. The Balaban J connectivity index is 1.30. The van der Waals surface area contributed by atoms with Gasteiger partial charge in [0, 0.05) is 54.1 Å². The van der Waals surface area contributed by atoms with Crippen LogP contribution in [0.25, 0.3) is 0 Å². The van der Waals surface area contributed by atoms with Gasteiger partial charge in [0.1, 0.15) is 5.37 Å². The summed E-state index contributed by atoms with van der Waals surface area (Å²) < 4.78 is 2.19. The number of carbonyl (C=O) groups is 2. The van der Waals surface area contributed by atoms with E-state index in [1.807, 2.05) is 48.2 Å². The average Bonchev–Trinajstić information content (AvgIpc) is 3.47. The first-order valence-electron chi connectivity index (χ1n) is 11.5. The first-order chi connectivity index (χ1) is 16.1. The molecule has 6 nitrogen and oxygen atoms in total. The predicted octanol–water partition coefficient (Wildman–Crippen LogP) is 5.33. The van der Waals surface area contributed by atoms with E-state index in [1.54, 1.807) is 30.5 Å². The van der Waals surface area contributed by atoms with Gasteiger partial charge in [0.05, 0.1) is 11.4 Å². The van der Waals surface area contributed by atoms with Gasteiger partial charge in [-0.3, -0.25) is 14.6 Å². The summed E-state index contributed by atoms with van der Waals surface area (Å²) >= 11 is 1.81. The lowest BCUT2D eigenvalue weighted by atomic mass is 9.94. The van der Waals surface area contributed by atoms with E-state index >= 15 is 0 Å². The Hall–Kier alpha value is -3.06. The zero-order chi connectivity index (χ0) is 22.8. The van der Waals surface area contributed by atoms with Crippen LogP contribution in [0.5, 0.6) is 0 Å². The van der Waals surface area contributed by atoms with Gasteiger partial charge in [-0.05, 0) is 43.2 Å². The average molecular weight is 461 g/mol. The van der Waals surface area contributed by atoms with Gasteiger partial charge in [-0.2, -0.15) is 0 Å². The second kappa shape index (κ2) is 9.43. The molecule has 2 aliphatic rings. The zero-order valence-corrected chi connectivity index (χ0v) is 19.6. The summed E-state index contributed by atoms with van der Waals surface area (Å²) in [6.45, 7) is 0. The third-order valence-corrected chi connectivity index (χ3v) is 7.94. The van der Waals surface area contributed by atoms with Crippen molar-refractivity contribution in [2.45, 2.75) is 49.3 Å². The van der Waals surface area contributed by atoms with Crippen molar-refractivity contribution >= 4 is 29.3 Å². The van der Waals surface area contributed by atoms with E-state index in [0.717, 1.165) is 35.5 Å². The molecule has 2 aromatic heterocycles. The van der Waals surface area contributed by atoms with Gasteiger partial charge in [0.2, 0.25) is 0 Å². The minimum Gasteiger partial charge on any atom is -0.339 e. The quantitative estimate of drug-likeness (QED) is 0.559. The van der Waals surface area contributed by atoms with E-state index in [0.29, 0.717) is 11.1 Å². The summed E-state index contributed by atoms with van der Waals surface area (Å²) in [7, 11) is 1.88. The third-order valence-electron chi connectivity index (χ3n) is 6.69. The molecule has 1 saturated carbocycles. The molecule has 170 valence electrons. The number of nitrogens with zero attached hydrogens (tertiary/aromatic N) is 3. The molecule has 1 unspecified atom stereocenters. The van der Waals surface area contributed by atoms with Crippen LogP contribution in [0.1, 0.15) is 69.5 Å². The number of anilines is 1. The molecule has 7 heteroatoms. The van der Waals surface area contributed by atoms with Gasteiger partial charge in [-0.1, -0.05) is 31.4 Å². The van der Waals surface area contributed by atoms with E-state index in [4.69, 9.17) is 0 Å². The highest BCUT2D eigenvalue weighted by Gasteiger charge is 2.27. The van der Waals surface area contributed by atoms with Crippen molar-refractivity contribution < 1.29 is 9.59 Å².